The predicted molar refractivity (Wildman–Crippen MR) is 135 cm³/mol. The molecule has 0 aliphatic heterocycles. The number of hydrogen-bond acceptors (Lipinski definition) is 6. The summed E-state index contributed by atoms with van der Waals surface area (Å²) in [5.74, 6) is 2.58. The van der Waals surface area contributed by atoms with Gasteiger partial charge in [-0.3, -0.25) is 9.20 Å². The second kappa shape index (κ2) is 9.23. The summed E-state index contributed by atoms with van der Waals surface area (Å²) in [7, 11) is 1.59. The molecule has 2 aromatic heterocycles. The Hall–Kier alpha value is -3.78. The highest BCUT2D eigenvalue weighted by molar-refractivity contribution is 7.99. The number of methoxy groups -OCH3 is 1. The minimum atomic E-state index is -0.168. The maximum absolute atomic E-state index is 13.6. The van der Waals surface area contributed by atoms with Crippen molar-refractivity contribution in [3.8, 4) is 17.2 Å². The Balaban J connectivity index is 1.58. The smallest absolute Gasteiger partial charge is 0.267 e. The van der Waals surface area contributed by atoms with Gasteiger partial charge < -0.3 is 9.47 Å². The number of ether oxygens (including phenoxy) is 2. The van der Waals surface area contributed by atoms with E-state index < -0.39 is 0 Å². The molecule has 0 fully saturated rings. The van der Waals surface area contributed by atoms with Gasteiger partial charge in [-0.1, -0.05) is 48.2 Å². The first kappa shape index (κ1) is 22.0. The highest BCUT2D eigenvalue weighted by Crippen LogP contribution is 2.28. The summed E-state index contributed by atoms with van der Waals surface area (Å²) in [5.41, 5.74) is 3.34. The minimum absolute atomic E-state index is 0.168. The van der Waals surface area contributed by atoms with Gasteiger partial charge >= 0.3 is 0 Å². The summed E-state index contributed by atoms with van der Waals surface area (Å²) >= 11 is 1.54. The Morgan fingerprint density at radius 2 is 1.74 bits per heavy atom. The van der Waals surface area contributed by atoms with Gasteiger partial charge in [0.15, 0.2) is 5.16 Å². The van der Waals surface area contributed by atoms with Crippen molar-refractivity contribution in [2.45, 2.75) is 19.0 Å². The molecule has 0 N–H and O–H groups in total. The number of hydrogen-bond donors (Lipinski definition) is 0. The van der Waals surface area contributed by atoms with Gasteiger partial charge in [0.1, 0.15) is 11.5 Å². The lowest BCUT2D eigenvalue weighted by Gasteiger charge is -2.14. The summed E-state index contributed by atoms with van der Waals surface area (Å²) < 4.78 is 15.0. The maximum Gasteiger partial charge on any atom is 0.267 e. The van der Waals surface area contributed by atoms with Crippen LogP contribution in [-0.2, 0) is 0 Å². The lowest BCUT2D eigenvalue weighted by molar-refractivity contribution is 0.341. The molecule has 2 heterocycles. The molecule has 5 aromatic rings. The van der Waals surface area contributed by atoms with E-state index >= 15 is 0 Å². The molecule has 3 aromatic carbocycles. The molecule has 172 valence electrons. The van der Waals surface area contributed by atoms with Crippen LogP contribution in [0, 0.1) is 13.8 Å². The molecule has 0 atom stereocenters. The summed E-state index contributed by atoms with van der Waals surface area (Å²) in [6.07, 6.45) is 0. The molecule has 7 nitrogen and oxygen atoms in total. The molecule has 0 saturated heterocycles. The van der Waals surface area contributed by atoms with Crippen molar-refractivity contribution in [3.05, 3.63) is 88.2 Å². The molecular weight excluding hydrogens is 448 g/mol. The fourth-order valence-electron chi connectivity index (χ4n) is 3.97. The number of nitrogens with zero attached hydrogens (tertiary/aromatic N) is 4. The molecule has 34 heavy (non-hydrogen) atoms. The third-order valence-electron chi connectivity index (χ3n) is 5.64. The Morgan fingerprint density at radius 1 is 0.941 bits per heavy atom. The second-order valence-corrected chi connectivity index (χ2v) is 8.98. The van der Waals surface area contributed by atoms with Crippen molar-refractivity contribution >= 4 is 28.4 Å². The number of rotatable bonds is 7. The van der Waals surface area contributed by atoms with E-state index in [0.29, 0.717) is 40.1 Å². The summed E-state index contributed by atoms with van der Waals surface area (Å²) in [5, 5.41) is 10.1. The highest BCUT2D eigenvalue weighted by Gasteiger charge is 2.20. The van der Waals surface area contributed by atoms with E-state index in [4.69, 9.17) is 9.47 Å². The van der Waals surface area contributed by atoms with Crippen LogP contribution in [0.15, 0.2) is 76.7 Å². The third kappa shape index (κ3) is 3.90. The Labute approximate surface area is 201 Å². The molecule has 0 bridgehead atoms. The number of para-hydroxylation sites is 2. The normalized spacial score (nSPS) is 11.3. The third-order valence-corrected chi connectivity index (χ3v) is 6.53. The SMILES string of the molecule is COc1ccc(C)cc1-n1c(=O)c2ccccc2n2c(SCCOc3ccccc3C)nnc12. The molecule has 0 amide bonds. The zero-order valence-corrected chi connectivity index (χ0v) is 20.0. The standard InChI is InChI=1S/C26H24N4O3S/c1-17-12-13-23(32-3)21(16-17)29-24(31)19-9-5-6-10-20(19)30-25(29)27-28-26(30)34-15-14-33-22-11-7-4-8-18(22)2/h4-13,16H,14-15H2,1-3H3. The Kier molecular flexibility index (Phi) is 5.98. The van der Waals surface area contributed by atoms with Crippen molar-refractivity contribution < 1.29 is 9.47 Å². The van der Waals surface area contributed by atoms with Crippen LogP contribution in [0.2, 0.25) is 0 Å². The van der Waals surface area contributed by atoms with E-state index in [9.17, 15) is 4.79 Å². The molecule has 0 aliphatic carbocycles. The lowest BCUT2D eigenvalue weighted by atomic mass is 10.2. The molecule has 0 aliphatic rings. The topological polar surface area (TPSA) is 70.7 Å². The highest BCUT2D eigenvalue weighted by atomic mass is 32.2. The second-order valence-electron chi connectivity index (χ2n) is 7.91. The molecule has 8 heteroatoms. The molecule has 0 saturated carbocycles. The largest absolute Gasteiger partial charge is 0.495 e. The van der Waals surface area contributed by atoms with E-state index in [-0.39, 0.29) is 5.56 Å². The van der Waals surface area contributed by atoms with Gasteiger partial charge in [0.2, 0.25) is 5.78 Å². The summed E-state index contributed by atoms with van der Waals surface area (Å²) in [6.45, 7) is 4.53. The molecule has 0 unspecified atom stereocenters. The first-order valence-electron chi connectivity index (χ1n) is 10.9. The van der Waals surface area contributed by atoms with Gasteiger partial charge in [0, 0.05) is 5.75 Å². The molecule has 0 spiro atoms. The van der Waals surface area contributed by atoms with Gasteiger partial charge in [-0.2, -0.15) is 0 Å². The van der Waals surface area contributed by atoms with Gasteiger partial charge in [-0.15, -0.1) is 10.2 Å². The Morgan fingerprint density at radius 3 is 2.56 bits per heavy atom. The summed E-state index contributed by atoms with van der Waals surface area (Å²) in [4.78, 5) is 13.6. The average molecular weight is 473 g/mol. The molecule has 0 radical (unpaired) electrons. The van der Waals surface area contributed by atoms with Crippen LogP contribution < -0.4 is 15.0 Å². The van der Waals surface area contributed by atoms with Crippen LogP contribution in [0.4, 0.5) is 0 Å². The van der Waals surface area contributed by atoms with Crippen LogP contribution in [0.3, 0.4) is 0 Å². The van der Waals surface area contributed by atoms with Crippen LogP contribution in [0.5, 0.6) is 11.5 Å². The monoisotopic (exact) mass is 472 g/mol. The van der Waals surface area contributed by atoms with E-state index in [0.717, 1.165) is 22.4 Å². The number of aryl methyl sites for hydroxylation is 2. The van der Waals surface area contributed by atoms with Crippen molar-refractivity contribution in [1.82, 2.24) is 19.2 Å². The number of benzene rings is 3. The van der Waals surface area contributed by atoms with Crippen LogP contribution >= 0.6 is 11.8 Å². The van der Waals surface area contributed by atoms with E-state index in [1.807, 2.05) is 85.0 Å². The minimum Gasteiger partial charge on any atom is -0.495 e. The van der Waals surface area contributed by atoms with Gasteiger partial charge in [0.05, 0.1) is 30.3 Å². The average Bonchev–Trinajstić information content (AvgIpc) is 3.27. The first-order valence-corrected chi connectivity index (χ1v) is 11.9. The van der Waals surface area contributed by atoms with Gasteiger partial charge in [-0.25, -0.2) is 4.57 Å². The summed E-state index contributed by atoms with van der Waals surface area (Å²) in [6, 6.07) is 21.2. The quantitative estimate of drug-likeness (QED) is 0.250. The van der Waals surface area contributed by atoms with Crippen LogP contribution in [-0.4, -0.2) is 38.6 Å². The fourth-order valence-corrected chi connectivity index (χ4v) is 4.72. The van der Waals surface area contributed by atoms with E-state index in [1.165, 1.54) is 11.8 Å². The Bertz CT molecular complexity index is 1560. The van der Waals surface area contributed by atoms with Crippen LogP contribution in [0.25, 0.3) is 22.4 Å². The van der Waals surface area contributed by atoms with Crippen molar-refractivity contribution in [1.29, 1.82) is 0 Å². The lowest BCUT2D eigenvalue weighted by Crippen LogP contribution is -2.22. The zero-order valence-electron chi connectivity index (χ0n) is 19.2. The zero-order chi connectivity index (χ0) is 23.7. The molecule has 5 rings (SSSR count). The van der Waals surface area contributed by atoms with Gasteiger partial charge in [0.25, 0.3) is 5.56 Å². The number of thioether (sulfide) groups is 1. The fraction of sp³-hybridized carbons (Fsp3) is 0.192. The predicted octanol–water partition coefficient (Wildman–Crippen LogP) is 4.83. The van der Waals surface area contributed by atoms with E-state index in [1.54, 1.807) is 11.7 Å². The van der Waals surface area contributed by atoms with Crippen molar-refractivity contribution in [2.75, 3.05) is 19.5 Å². The van der Waals surface area contributed by atoms with Gasteiger partial charge in [-0.05, 0) is 55.3 Å². The van der Waals surface area contributed by atoms with Crippen molar-refractivity contribution in [3.63, 3.8) is 0 Å². The number of fused-ring (bicyclic) bond motifs is 3. The van der Waals surface area contributed by atoms with Crippen LogP contribution in [0.1, 0.15) is 11.1 Å². The van der Waals surface area contributed by atoms with E-state index in [2.05, 4.69) is 10.2 Å². The molecular formula is C26H24N4O3S. The first-order chi connectivity index (χ1) is 16.6. The number of aromatic nitrogens is 4. The maximum atomic E-state index is 13.6. The van der Waals surface area contributed by atoms with Crippen molar-refractivity contribution in [2.24, 2.45) is 0 Å².